The second-order valence-corrected chi connectivity index (χ2v) is 6.51. The molecule has 1 unspecified atom stereocenters. The molecule has 0 saturated heterocycles. The standard InChI is InChI=1S/C23H24N2O/c1-25(2)22(19-13-7-4-8-14-19)17-24-23(26)21-16-10-9-15-20(21)18-11-5-3-6-12-18/h3-16,22H,17H2,1-2H3,(H,24,26). The highest BCUT2D eigenvalue weighted by Gasteiger charge is 2.17. The van der Waals surface area contributed by atoms with Crippen LogP contribution in [0.1, 0.15) is 22.0 Å². The third-order valence-corrected chi connectivity index (χ3v) is 4.52. The minimum absolute atomic E-state index is 0.0489. The number of hydrogen-bond donors (Lipinski definition) is 1. The van der Waals surface area contributed by atoms with E-state index < -0.39 is 0 Å². The van der Waals surface area contributed by atoms with Gasteiger partial charge in [0.15, 0.2) is 0 Å². The summed E-state index contributed by atoms with van der Waals surface area (Å²) in [5.41, 5.74) is 3.88. The van der Waals surface area contributed by atoms with E-state index in [9.17, 15) is 4.79 Å². The summed E-state index contributed by atoms with van der Waals surface area (Å²) >= 11 is 0. The Hall–Kier alpha value is -2.91. The van der Waals surface area contributed by atoms with Gasteiger partial charge in [0.05, 0.1) is 6.04 Å². The summed E-state index contributed by atoms with van der Waals surface area (Å²) in [6.45, 7) is 0.555. The molecule has 1 atom stereocenters. The van der Waals surface area contributed by atoms with Gasteiger partial charge in [0.2, 0.25) is 0 Å². The van der Waals surface area contributed by atoms with Gasteiger partial charge in [-0.3, -0.25) is 4.79 Å². The maximum Gasteiger partial charge on any atom is 0.251 e. The lowest BCUT2D eigenvalue weighted by Crippen LogP contribution is -2.34. The highest BCUT2D eigenvalue weighted by Crippen LogP contribution is 2.24. The summed E-state index contributed by atoms with van der Waals surface area (Å²) < 4.78 is 0. The first-order valence-corrected chi connectivity index (χ1v) is 8.81. The average Bonchev–Trinajstić information content (AvgIpc) is 2.69. The Morgan fingerprint density at radius 1 is 0.846 bits per heavy atom. The van der Waals surface area contributed by atoms with E-state index in [1.165, 1.54) is 5.56 Å². The molecular formula is C23H24N2O. The van der Waals surface area contributed by atoms with Crippen LogP contribution in [-0.2, 0) is 0 Å². The van der Waals surface area contributed by atoms with Crippen LogP contribution in [0.25, 0.3) is 11.1 Å². The molecule has 0 radical (unpaired) electrons. The Labute approximate surface area is 155 Å². The first-order valence-electron chi connectivity index (χ1n) is 8.81. The van der Waals surface area contributed by atoms with Crippen LogP contribution in [0.3, 0.4) is 0 Å². The molecule has 0 heterocycles. The first-order chi connectivity index (χ1) is 12.7. The van der Waals surface area contributed by atoms with Crippen molar-refractivity contribution in [2.45, 2.75) is 6.04 Å². The largest absolute Gasteiger partial charge is 0.350 e. The van der Waals surface area contributed by atoms with Gasteiger partial charge in [-0.1, -0.05) is 78.9 Å². The average molecular weight is 344 g/mol. The molecule has 3 nitrogen and oxygen atoms in total. The number of benzene rings is 3. The van der Waals surface area contributed by atoms with Crippen molar-refractivity contribution in [3.63, 3.8) is 0 Å². The summed E-state index contributed by atoms with van der Waals surface area (Å²) in [4.78, 5) is 15.0. The van der Waals surface area contributed by atoms with Gasteiger partial charge in [-0.25, -0.2) is 0 Å². The molecule has 0 spiro atoms. The van der Waals surface area contributed by atoms with Gasteiger partial charge in [0.25, 0.3) is 5.91 Å². The lowest BCUT2D eigenvalue weighted by molar-refractivity contribution is 0.0942. The van der Waals surface area contributed by atoms with Crippen LogP contribution in [0.2, 0.25) is 0 Å². The van der Waals surface area contributed by atoms with Gasteiger partial charge < -0.3 is 10.2 Å². The van der Waals surface area contributed by atoms with E-state index in [1.807, 2.05) is 86.9 Å². The third-order valence-electron chi connectivity index (χ3n) is 4.52. The van der Waals surface area contributed by atoms with Gasteiger partial charge in [0.1, 0.15) is 0 Å². The molecule has 26 heavy (non-hydrogen) atoms. The topological polar surface area (TPSA) is 32.3 Å². The number of hydrogen-bond acceptors (Lipinski definition) is 2. The summed E-state index contributed by atoms with van der Waals surface area (Å²) in [6.07, 6.45) is 0. The third kappa shape index (κ3) is 4.19. The maximum absolute atomic E-state index is 12.9. The molecule has 3 rings (SSSR count). The molecule has 0 bridgehead atoms. The van der Waals surface area contributed by atoms with Crippen molar-refractivity contribution in [1.29, 1.82) is 0 Å². The summed E-state index contributed by atoms with van der Waals surface area (Å²) in [5, 5.41) is 3.11. The maximum atomic E-state index is 12.9. The second kappa shape index (κ2) is 8.45. The Morgan fingerprint density at radius 3 is 2.08 bits per heavy atom. The van der Waals surface area contributed by atoms with E-state index in [0.29, 0.717) is 12.1 Å². The molecule has 0 aromatic heterocycles. The first kappa shape index (κ1) is 17.9. The zero-order chi connectivity index (χ0) is 18.4. The monoisotopic (exact) mass is 344 g/mol. The van der Waals surface area contributed by atoms with Crippen molar-refractivity contribution < 1.29 is 4.79 Å². The second-order valence-electron chi connectivity index (χ2n) is 6.51. The fourth-order valence-corrected chi connectivity index (χ4v) is 3.11. The zero-order valence-corrected chi connectivity index (χ0v) is 15.2. The highest BCUT2D eigenvalue weighted by molar-refractivity contribution is 6.00. The minimum atomic E-state index is -0.0489. The van der Waals surface area contributed by atoms with E-state index in [-0.39, 0.29) is 11.9 Å². The van der Waals surface area contributed by atoms with Crippen LogP contribution in [0, 0.1) is 0 Å². The van der Waals surface area contributed by atoms with Crippen LogP contribution in [0.5, 0.6) is 0 Å². The van der Waals surface area contributed by atoms with Crippen molar-refractivity contribution in [1.82, 2.24) is 10.2 Å². The van der Waals surface area contributed by atoms with Crippen LogP contribution >= 0.6 is 0 Å². The molecule has 0 fully saturated rings. The Bertz CT molecular complexity index is 844. The van der Waals surface area contributed by atoms with E-state index in [4.69, 9.17) is 0 Å². The van der Waals surface area contributed by atoms with Crippen LogP contribution in [0.4, 0.5) is 0 Å². The normalized spacial score (nSPS) is 12.0. The van der Waals surface area contributed by atoms with Gasteiger partial charge in [-0.15, -0.1) is 0 Å². The quantitative estimate of drug-likeness (QED) is 0.719. The molecule has 0 aliphatic rings. The summed E-state index contributed by atoms with van der Waals surface area (Å²) in [7, 11) is 4.06. The number of carbonyl (C=O) groups is 1. The molecule has 0 saturated carbocycles. The van der Waals surface area contributed by atoms with Crippen molar-refractivity contribution in [3.05, 3.63) is 96.1 Å². The molecule has 3 aromatic rings. The number of nitrogens with one attached hydrogen (secondary N) is 1. The number of carbonyl (C=O) groups excluding carboxylic acids is 1. The van der Waals surface area contributed by atoms with Gasteiger partial charge >= 0.3 is 0 Å². The van der Waals surface area contributed by atoms with Crippen molar-refractivity contribution in [3.8, 4) is 11.1 Å². The van der Waals surface area contributed by atoms with Crippen molar-refractivity contribution in [2.75, 3.05) is 20.6 Å². The summed E-state index contributed by atoms with van der Waals surface area (Å²) in [5.74, 6) is -0.0489. The molecule has 132 valence electrons. The molecule has 0 aliphatic carbocycles. The summed E-state index contributed by atoms with van der Waals surface area (Å²) in [6, 6.07) is 28.1. The van der Waals surface area contributed by atoms with Crippen LogP contribution in [0.15, 0.2) is 84.9 Å². The van der Waals surface area contributed by atoms with Gasteiger partial charge in [0, 0.05) is 12.1 Å². The number of amides is 1. The van der Waals surface area contributed by atoms with E-state index >= 15 is 0 Å². The SMILES string of the molecule is CN(C)C(CNC(=O)c1ccccc1-c1ccccc1)c1ccccc1. The van der Waals surface area contributed by atoms with E-state index in [1.54, 1.807) is 0 Å². The lowest BCUT2D eigenvalue weighted by Gasteiger charge is -2.25. The molecule has 0 aliphatic heterocycles. The fraction of sp³-hybridized carbons (Fsp3) is 0.174. The smallest absolute Gasteiger partial charge is 0.251 e. The van der Waals surface area contributed by atoms with Crippen molar-refractivity contribution >= 4 is 5.91 Å². The predicted octanol–water partition coefficient (Wildman–Crippen LogP) is 4.39. The fourth-order valence-electron chi connectivity index (χ4n) is 3.11. The van der Waals surface area contributed by atoms with E-state index in [0.717, 1.165) is 11.1 Å². The van der Waals surface area contributed by atoms with Gasteiger partial charge in [-0.2, -0.15) is 0 Å². The minimum Gasteiger partial charge on any atom is -0.350 e. The van der Waals surface area contributed by atoms with E-state index in [2.05, 4.69) is 22.3 Å². The molecule has 1 N–H and O–H groups in total. The molecule has 3 aromatic carbocycles. The predicted molar refractivity (Wildman–Crippen MR) is 107 cm³/mol. The highest BCUT2D eigenvalue weighted by atomic mass is 16.1. The zero-order valence-electron chi connectivity index (χ0n) is 15.2. The molecule has 3 heteroatoms. The Kier molecular flexibility index (Phi) is 5.82. The van der Waals surface area contributed by atoms with Crippen LogP contribution in [-0.4, -0.2) is 31.4 Å². The number of nitrogens with zero attached hydrogens (tertiary/aromatic N) is 1. The molecular weight excluding hydrogens is 320 g/mol. The Balaban J connectivity index is 1.78. The molecule has 1 amide bonds. The van der Waals surface area contributed by atoms with Crippen LogP contribution < -0.4 is 5.32 Å². The number of likely N-dealkylation sites (N-methyl/N-ethyl adjacent to an activating group) is 1. The lowest BCUT2D eigenvalue weighted by atomic mass is 9.99. The Morgan fingerprint density at radius 2 is 1.42 bits per heavy atom. The number of rotatable bonds is 6. The van der Waals surface area contributed by atoms with Crippen molar-refractivity contribution in [2.24, 2.45) is 0 Å². The van der Waals surface area contributed by atoms with Gasteiger partial charge in [-0.05, 0) is 36.9 Å².